The highest BCUT2D eigenvalue weighted by Gasteiger charge is 2.24. The Morgan fingerprint density at radius 2 is 1.95 bits per heavy atom. The lowest BCUT2D eigenvalue weighted by Gasteiger charge is -2.26. The summed E-state index contributed by atoms with van der Waals surface area (Å²) >= 11 is 1.90. The van der Waals surface area contributed by atoms with Crippen LogP contribution in [0.25, 0.3) is 0 Å². The monoisotopic (exact) mass is 308 g/mol. The van der Waals surface area contributed by atoms with Crippen LogP contribution in [0.4, 0.5) is 4.79 Å². The Morgan fingerprint density at radius 1 is 1.32 bits per heavy atom. The van der Waals surface area contributed by atoms with Crippen LogP contribution < -0.4 is 5.32 Å². The summed E-state index contributed by atoms with van der Waals surface area (Å²) in [4.78, 5) is 13.3. The van der Waals surface area contributed by atoms with E-state index in [1.54, 1.807) is 4.90 Å². The number of rotatable bonds is 6. The predicted octanol–water partition coefficient (Wildman–Crippen LogP) is 1.21. The summed E-state index contributed by atoms with van der Waals surface area (Å²) in [7, 11) is -2.91. The number of nitrogens with zero attached hydrogens (tertiary/aromatic N) is 1. The van der Waals surface area contributed by atoms with Crippen molar-refractivity contribution in [2.45, 2.75) is 20.3 Å². The summed E-state index contributed by atoms with van der Waals surface area (Å²) in [5.41, 5.74) is 0. The minimum atomic E-state index is -2.91. The van der Waals surface area contributed by atoms with Crippen molar-refractivity contribution in [1.82, 2.24) is 10.2 Å². The van der Waals surface area contributed by atoms with Gasteiger partial charge in [-0.3, -0.25) is 0 Å². The molecule has 1 heterocycles. The molecule has 1 N–H and O–H groups in total. The summed E-state index contributed by atoms with van der Waals surface area (Å²) in [6.45, 7) is 5.68. The fraction of sp³-hybridized carbons (Fsp3) is 0.917. The lowest BCUT2D eigenvalue weighted by atomic mass is 10.3. The van der Waals surface area contributed by atoms with Crippen molar-refractivity contribution < 1.29 is 13.2 Å². The van der Waals surface area contributed by atoms with E-state index in [0.717, 1.165) is 17.9 Å². The minimum Gasteiger partial charge on any atom is -0.338 e. The molecule has 0 unspecified atom stereocenters. The maximum Gasteiger partial charge on any atom is 0.317 e. The average molecular weight is 308 g/mol. The van der Waals surface area contributed by atoms with Crippen LogP contribution in [0.5, 0.6) is 0 Å². The van der Waals surface area contributed by atoms with Crippen molar-refractivity contribution in [3.8, 4) is 0 Å². The largest absolute Gasteiger partial charge is 0.338 e. The van der Waals surface area contributed by atoms with Gasteiger partial charge in [0.15, 0.2) is 9.84 Å². The molecule has 1 rings (SSSR count). The molecule has 0 saturated carbocycles. The lowest BCUT2D eigenvalue weighted by Crippen LogP contribution is -2.48. The van der Waals surface area contributed by atoms with Gasteiger partial charge in [0.2, 0.25) is 0 Å². The van der Waals surface area contributed by atoms with Gasteiger partial charge in [-0.1, -0.05) is 13.8 Å². The molecule has 2 amide bonds. The third-order valence-corrected chi connectivity index (χ3v) is 5.91. The Bertz CT molecular complexity index is 368. The molecule has 0 bridgehead atoms. The van der Waals surface area contributed by atoms with E-state index in [-0.39, 0.29) is 17.5 Å². The summed E-state index contributed by atoms with van der Waals surface area (Å²) in [6, 6.07) is -0.135. The molecule has 5 nitrogen and oxygen atoms in total. The number of carbonyl (C=O) groups is 1. The standard InChI is InChI=1S/C12H24N2O3S2/c1-11(2)10-18-7-3-4-13-12(15)14-5-8-19(16,17)9-6-14/h11H,3-10H2,1-2H3,(H,13,15). The zero-order valence-electron chi connectivity index (χ0n) is 11.7. The molecular formula is C12H24N2O3S2. The van der Waals surface area contributed by atoms with Crippen LogP contribution in [0.15, 0.2) is 0 Å². The number of nitrogens with one attached hydrogen (secondary N) is 1. The first-order valence-electron chi connectivity index (χ1n) is 6.71. The molecule has 1 aliphatic heterocycles. The van der Waals surface area contributed by atoms with Gasteiger partial charge >= 0.3 is 6.03 Å². The van der Waals surface area contributed by atoms with Gasteiger partial charge in [-0.15, -0.1) is 0 Å². The Hall–Kier alpha value is -0.430. The van der Waals surface area contributed by atoms with E-state index in [4.69, 9.17) is 0 Å². The highest BCUT2D eigenvalue weighted by Crippen LogP contribution is 2.08. The lowest BCUT2D eigenvalue weighted by molar-refractivity contribution is 0.202. The first-order valence-corrected chi connectivity index (χ1v) is 9.69. The molecule has 0 spiro atoms. The third-order valence-electron chi connectivity index (χ3n) is 2.82. The van der Waals surface area contributed by atoms with E-state index in [9.17, 15) is 13.2 Å². The Balaban J connectivity index is 2.08. The fourth-order valence-electron chi connectivity index (χ4n) is 1.72. The van der Waals surface area contributed by atoms with E-state index in [0.29, 0.717) is 25.6 Å². The number of sulfone groups is 1. The van der Waals surface area contributed by atoms with E-state index in [1.807, 2.05) is 11.8 Å². The fourth-order valence-corrected chi connectivity index (χ4v) is 3.90. The van der Waals surface area contributed by atoms with Gasteiger partial charge in [0.05, 0.1) is 11.5 Å². The Labute approximate surface area is 120 Å². The van der Waals surface area contributed by atoms with Crippen molar-refractivity contribution in [2.24, 2.45) is 5.92 Å². The van der Waals surface area contributed by atoms with E-state index in [2.05, 4.69) is 19.2 Å². The average Bonchev–Trinajstić information content (AvgIpc) is 2.32. The van der Waals surface area contributed by atoms with Crippen molar-refractivity contribution in [3.05, 3.63) is 0 Å². The molecule has 0 radical (unpaired) electrons. The van der Waals surface area contributed by atoms with Gasteiger partial charge < -0.3 is 10.2 Å². The van der Waals surface area contributed by atoms with Crippen LogP contribution in [0, 0.1) is 5.92 Å². The number of hydrogen-bond acceptors (Lipinski definition) is 4. The molecule has 0 aliphatic carbocycles. The van der Waals surface area contributed by atoms with Gasteiger partial charge in [0.25, 0.3) is 0 Å². The molecule has 1 aliphatic rings. The zero-order valence-corrected chi connectivity index (χ0v) is 13.4. The molecule has 7 heteroatoms. The van der Waals surface area contributed by atoms with E-state index >= 15 is 0 Å². The second-order valence-electron chi connectivity index (χ2n) is 5.19. The normalized spacial score (nSPS) is 18.6. The first kappa shape index (κ1) is 16.6. The van der Waals surface area contributed by atoms with Crippen LogP contribution in [0.1, 0.15) is 20.3 Å². The number of hydrogen-bond donors (Lipinski definition) is 1. The number of thioether (sulfide) groups is 1. The van der Waals surface area contributed by atoms with Gasteiger partial charge in [-0.2, -0.15) is 11.8 Å². The van der Waals surface area contributed by atoms with Crippen LogP contribution in [0.3, 0.4) is 0 Å². The van der Waals surface area contributed by atoms with E-state index < -0.39 is 9.84 Å². The molecular weight excluding hydrogens is 284 g/mol. The first-order chi connectivity index (χ1) is 8.91. The molecule has 0 aromatic carbocycles. The number of urea groups is 1. The highest BCUT2D eigenvalue weighted by atomic mass is 32.2. The Kier molecular flexibility index (Phi) is 6.99. The zero-order chi connectivity index (χ0) is 14.3. The molecule has 1 saturated heterocycles. The van der Waals surface area contributed by atoms with Gasteiger partial charge in [-0.05, 0) is 23.8 Å². The van der Waals surface area contributed by atoms with Crippen molar-refractivity contribution in [2.75, 3.05) is 42.6 Å². The molecule has 0 atom stereocenters. The molecule has 19 heavy (non-hydrogen) atoms. The summed E-state index contributed by atoms with van der Waals surface area (Å²) < 4.78 is 22.5. The van der Waals surface area contributed by atoms with Crippen LogP contribution >= 0.6 is 11.8 Å². The predicted molar refractivity (Wildman–Crippen MR) is 80.4 cm³/mol. The van der Waals surface area contributed by atoms with Gasteiger partial charge in [-0.25, -0.2) is 13.2 Å². The highest BCUT2D eigenvalue weighted by molar-refractivity contribution is 7.99. The van der Waals surface area contributed by atoms with Gasteiger partial charge in [0, 0.05) is 19.6 Å². The molecule has 1 fully saturated rings. The quantitative estimate of drug-likeness (QED) is 0.749. The summed E-state index contributed by atoms with van der Waals surface area (Å²) in [6.07, 6.45) is 0.954. The molecule has 0 aromatic rings. The summed E-state index contributed by atoms with van der Waals surface area (Å²) in [5, 5.41) is 2.85. The van der Waals surface area contributed by atoms with Crippen LogP contribution in [-0.2, 0) is 9.84 Å². The van der Waals surface area contributed by atoms with Crippen LogP contribution in [0.2, 0.25) is 0 Å². The molecule has 0 aromatic heterocycles. The van der Waals surface area contributed by atoms with Crippen LogP contribution in [-0.4, -0.2) is 62.0 Å². The van der Waals surface area contributed by atoms with E-state index in [1.165, 1.54) is 0 Å². The van der Waals surface area contributed by atoms with Crippen molar-refractivity contribution >= 4 is 27.6 Å². The van der Waals surface area contributed by atoms with Gasteiger partial charge in [0.1, 0.15) is 0 Å². The summed E-state index contributed by atoms with van der Waals surface area (Å²) in [5.74, 6) is 3.08. The second-order valence-corrected chi connectivity index (χ2v) is 8.65. The SMILES string of the molecule is CC(C)CSCCCNC(=O)N1CCS(=O)(=O)CC1. The molecule has 112 valence electrons. The number of carbonyl (C=O) groups excluding carboxylic acids is 1. The second kappa shape index (κ2) is 7.99. The maximum atomic E-state index is 11.8. The maximum absolute atomic E-state index is 11.8. The topological polar surface area (TPSA) is 66.5 Å². The Morgan fingerprint density at radius 3 is 2.53 bits per heavy atom. The van der Waals surface area contributed by atoms with Crippen molar-refractivity contribution in [1.29, 1.82) is 0 Å². The third kappa shape index (κ3) is 7.06. The smallest absolute Gasteiger partial charge is 0.317 e. The number of amides is 2. The minimum absolute atomic E-state index is 0.0880. The van der Waals surface area contributed by atoms with Crippen molar-refractivity contribution in [3.63, 3.8) is 0 Å².